The molecular weight excluding hydrogens is 383 g/mol. The average molecular weight is 399 g/mol. The largest absolute Gasteiger partial charge is 0.495 e. The van der Waals surface area contributed by atoms with Crippen LogP contribution in [0.3, 0.4) is 0 Å². The van der Waals surface area contributed by atoms with E-state index in [1.165, 1.54) is 43.5 Å². The normalized spacial score (nSPS) is 18.4. The van der Waals surface area contributed by atoms with Crippen LogP contribution < -0.4 is 10.1 Å². The Morgan fingerprint density at radius 3 is 2.69 bits per heavy atom. The molecule has 6 nitrogen and oxygen atoms in total. The Morgan fingerprint density at radius 2 is 2.04 bits per heavy atom. The molecule has 1 unspecified atom stereocenters. The van der Waals surface area contributed by atoms with Crippen molar-refractivity contribution in [3.05, 3.63) is 58.9 Å². The van der Waals surface area contributed by atoms with Crippen molar-refractivity contribution in [2.75, 3.05) is 20.2 Å². The molecule has 9 heteroatoms. The second-order valence-electron chi connectivity index (χ2n) is 5.66. The molecule has 2 aromatic rings. The lowest BCUT2D eigenvalue weighted by Crippen LogP contribution is -2.52. The van der Waals surface area contributed by atoms with Gasteiger partial charge in [0.05, 0.1) is 17.0 Å². The van der Waals surface area contributed by atoms with Gasteiger partial charge in [0.15, 0.2) is 0 Å². The van der Waals surface area contributed by atoms with Gasteiger partial charge in [0.1, 0.15) is 17.6 Å². The molecule has 26 heavy (non-hydrogen) atoms. The number of benzene rings is 2. The van der Waals surface area contributed by atoms with Gasteiger partial charge in [0.25, 0.3) is 0 Å². The van der Waals surface area contributed by atoms with E-state index in [-0.39, 0.29) is 28.6 Å². The van der Waals surface area contributed by atoms with Crippen molar-refractivity contribution < 1.29 is 22.3 Å². The van der Waals surface area contributed by atoms with Gasteiger partial charge in [-0.05, 0) is 35.9 Å². The molecule has 1 N–H and O–H groups in total. The number of carbonyl (C=O) groups excluding carboxylic acids is 1. The molecule has 1 aliphatic heterocycles. The number of piperazine rings is 1. The van der Waals surface area contributed by atoms with Crippen molar-refractivity contribution in [3.8, 4) is 5.75 Å². The molecule has 1 saturated heterocycles. The van der Waals surface area contributed by atoms with E-state index in [0.29, 0.717) is 5.75 Å². The number of methoxy groups -OCH3 is 1. The number of carbonyl (C=O) groups is 1. The highest BCUT2D eigenvalue weighted by Gasteiger charge is 2.39. The molecule has 0 bridgehead atoms. The second kappa shape index (κ2) is 7.22. The molecule has 0 saturated carbocycles. The fraction of sp³-hybridized carbons (Fsp3) is 0.235. The van der Waals surface area contributed by atoms with E-state index in [4.69, 9.17) is 16.3 Å². The predicted octanol–water partition coefficient (Wildman–Crippen LogP) is 2.35. The Labute approximate surface area is 155 Å². The number of sulfonamides is 1. The van der Waals surface area contributed by atoms with E-state index < -0.39 is 27.8 Å². The van der Waals surface area contributed by atoms with E-state index in [2.05, 4.69) is 5.32 Å². The number of halogens is 2. The van der Waals surface area contributed by atoms with E-state index in [0.717, 1.165) is 10.4 Å². The molecular formula is C17H16ClFN2O4S. The Morgan fingerprint density at radius 1 is 1.27 bits per heavy atom. The summed E-state index contributed by atoms with van der Waals surface area (Å²) in [5.41, 5.74) is 0.255. The minimum Gasteiger partial charge on any atom is -0.495 e. The summed E-state index contributed by atoms with van der Waals surface area (Å²) in [6.45, 7) is 0.215. The predicted molar refractivity (Wildman–Crippen MR) is 94.0 cm³/mol. The van der Waals surface area contributed by atoms with Gasteiger partial charge in [-0.2, -0.15) is 4.31 Å². The van der Waals surface area contributed by atoms with Crippen molar-refractivity contribution >= 4 is 27.5 Å². The van der Waals surface area contributed by atoms with Crippen LogP contribution in [-0.2, 0) is 14.8 Å². The summed E-state index contributed by atoms with van der Waals surface area (Å²) in [6, 6.07) is 8.23. The van der Waals surface area contributed by atoms with Crippen LogP contribution in [0.25, 0.3) is 0 Å². The first kappa shape index (κ1) is 18.6. The van der Waals surface area contributed by atoms with Crippen LogP contribution in [0.1, 0.15) is 11.6 Å². The minimum atomic E-state index is -4.04. The summed E-state index contributed by atoms with van der Waals surface area (Å²) in [5, 5.41) is 2.76. The van der Waals surface area contributed by atoms with Gasteiger partial charge in [-0.3, -0.25) is 4.79 Å². The average Bonchev–Trinajstić information content (AvgIpc) is 2.61. The van der Waals surface area contributed by atoms with Crippen LogP contribution in [0.4, 0.5) is 4.39 Å². The molecule has 1 amide bonds. The van der Waals surface area contributed by atoms with Gasteiger partial charge in [0.2, 0.25) is 15.9 Å². The molecule has 1 atom stereocenters. The summed E-state index contributed by atoms with van der Waals surface area (Å²) < 4.78 is 45.9. The molecule has 0 aliphatic carbocycles. The number of rotatable bonds is 4. The standard InChI is InChI=1S/C17H16ClFN2O4S/c1-25-15-6-5-13(10-14(15)18)26(23,24)21-8-7-20-17(22)16(21)11-3-2-4-12(19)9-11/h2-6,9-10,16H,7-8H2,1H3,(H,20,22). The fourth-order valence-corrected chi connectivity index (χ4v) is 4.77. The summed E-state index contributed by atoms with van der Waals surface area (Å²) >= 11 is 6.04. The molecule has 0 aromatic heterocycles. The van der Waals surface area contributed by atoms with E-state index in [1.807, 2.05) is 0 Å². The minimum absolute atomic E-state index is 0.0545. The van der Waals surface area contributed by atoms with E-state index >= 15 is 0 Å². The number of ether oxygens (including phenoxy) is 1. The van der Waals surface area contributed by atoms with Gasteiger partial charge >= 0.3 is 0 Å². The van der Waals surface area contributed by atoms with Crippen molar-refractivity contribution in [3.63, 3.8) is 0 Å². The van der Waals surface area contributed by atoms with Crippen molar-refractivity contribution in [1.82, 2.24) is 9.62 Å². The topological polar surface area (TPSA) is 75.7 Å². The van der Waals surface area contributed by atoms with Gasteiger partial charge < -0.3 is 10.1 Å². The first-order valence-corrected chi connectivity index (χ1v) is 9.55. The summed E-state index contributed by atoms with van der Waals surface area (Å²) in [5.74, 6) is -0.723. The molecule has 1 heterocycles. The molecule has 1 fully saturated rings. The molecule has 138 valence electrons. The van der Waals surface area contributed by atoms with Gasteiger partial charge in [-0.15, -0.1) is 0 Å². The monoisotopic (exact) mass is 398 g/mol. The lowest BCUT2D eigenvalue weighted by Gasteiger charge is -2.34. The third kappa shape index (κ3) is 3.40. The zero-order valence-electron chi connectivity index (χ0n) is 13.8. The Balaban J connectivity index is 2.06. The van der Waals surface area contributed by atoms with Crippen LogP contribution in [0.5, 0.6) is 5.75 Å². The van der Waals surface area contributed by atoms with Crippen LogP contribution in [-0.4, -0.2) is 38.8 Å². The third-order valence-electron chi connectivity index (χ3n) is 4.06. The van der Waals surface area contributed by atoms with Crippen LogP contribution in [0, 0.1) is 5.82 Å². The summed E-state index contributed by atoms with van der Waals surface area (Å²) in [4.78, 5) is 12.3. The highest BCUT2D eigenvalue weighted by molar-refractivity contribution is 7.89. The second-order valence-corrected chi connectivity index (χ2v) is 7.96. The number of amides is 1. The number of nitrogens with zero attached hydrogens (tertiary/aromatic N) is 1. The fourth-order valence-electron chi connectivity index (χ4n) is 2.84. The van der Waals surface area contributed by atoms with Crippen molar-refractivity contribution in [1.29, 1.82) is 0 Å². The van der Waals surface area contributed by atoms with Crippen LogP contribution in [0.2, 0.25) is 5.02 Å². The molecule has 0 radical (unpaired) electrons. The highest BCUT2D eigenvalue weighted by atomic mass is 35.5. The zero-order valence-corrected chi connectivity index (χ0v) is 15.3. The Kier molecular flexibility index (Phi) is 5.17. The lowest BCUT2D eigenvalue weighted by molar-refractivity contribution is -0.126. The zero-order chi connectivity index (χ0) is 18.9. The smallest absolute Gasteiger partial charge is 0.244 e. The number of hydrogen-bond acceptors (Lipinski definition) is 4. The van der Waals surface area contributed by atoms with Crippen molar-refractivity contribution in [2.45, 2.75) is 10.9 Å². The summed E-state index contributed by atoms with van der Waals surface area (Å²) in [7, 11) is -2.62. The van der Waals surface area contributed by atoms with Crippen LogP contribution >= 0.6 is 11.6 Å². The highest BCUT2D eigenvalue weighted by Crippen LogP contribution is 2.33. The first-order valence-electron chi connectivity index (χ1n) is 7.73. The van der Waals surface area contributed by atoms with E-state index in [1.54, 1.807) is 0 Å². The number of hydrogen-bond donors (Lipinski definition) is 1. The lowest BCUT2D eigenvalue weighted by atomic mass is 10.0. The molecule has 3 rings (SSSR count). The maximum absolute atomic E-state index is 13.6. The van der Waals surface area contributed by atoms with Crippen LogP contribution in [0.15, 0.2) is 47.4 Å². The van der Waals surface area contributed by atoms with Gasteiger partial charge in [-0.25, -0.2) is 12.8 Å². The Bertz CT molecular complexity index is 952. The number of nitrogens with one attached hydrogen (secondary N) is 1. The maximum Gasteiger partial charge on any atom is 0.244 e. The molecule has 2 aromatic carbocycles. The summed E-state index contributed by atoms with van der Waals surface area (Å²) in [6.07, 6.45) is 0. The third-order valence-corrected chi connectivity index (χ3v) is 6.22. The quantitative estimate of drug-likeness (QED) is 0.857. The SMILES string of the molecule is COc1ccc(S(=O)(=O)N2CCNC(=O)C2c2cccc(F)c2)cc1Cl. The van der Waals surface area contributed by atoms with Gasteiger partial charge in [-0.1, -0.05) is 23.7 Å². The first-order chi connectivity index (χ1) is 12.3. The molecule has 0 spiro atoms. The maximum atomic E-state index is 13.6. The van der Waals surface area contributed by atoms with Crippen molar-refractivity contribution in [2.24, 2.45) is 0 Å². The van der Waals surface area contributed by atoms with Gasteiger partial charge in [0, 0.05) is 13.1 Å². The molecule has 1 aliphatic rings. The Hall–Kier alpha value is -2.16. The van der Waals surface area contributed by atoms with E-state index in [9.17, 15) is 17.6 Å².